The number of anilines is 1. The van der Waals surface area contributed by atoms with E-state index in [-0.39, 0.29) is 18.3 Å². The van der Waals surface area contributed by atoms with E-state index in [0.717, 1.165) is 11.3 Å². The average Bonchev–Trinajstić information content (AvgIpc) is 3.10. The van der Waals surface area contributed by atoms with Gasteiger partial charge in [-0.2, -0.15) is 0 Å². The summed E-state index contributed by atoms with van der Waals surface area (Å²) in [5.74, 6) is 1.42. The number of H-pyrrole nitrogens is 1. The van der Waals surface area contributed by atoms with Crippen molar-refractivity contribution in [1.29, 1.82) is 0 Å². The lowest BCUT2D eigenvalue weighted by molar-refractivity contribution is -0.113. The number of hydrogen-bond acceptors (Lipinski definition) is 5. The summed E-state index contributed by atoms with van der Waals surface area (Å²) in [5.41, 5.74) is 2.83. The second-order valence-corrected chi connectivity index (χ2v) is 7.34. The number of nitrogens with zero attached hydrogens (tertiary/aromatic N) is 2. The fourth-order valence-electron chi connectivity index (χ4n) is 2.24. The first-order chi connectivity index (χ1) is 13.0. The van der Waals surface area contributed by atoms with Crippen LogP contribution in [0, 0.1) is 13.8 Å². The van der Waals surface area contributed by atoms with Crippen molar-refractivity contribution in [1.82, 2.24) is 15.2 Å². The Balaban J connectivity index is 1.48. The highest BCUT2D eigenvalue weighted by molar-refractivity contribution is 7.99. The molecule has 0 unspecified atom stereocenters. The maximum Gasteiger partial charge on any atom is 0.234 e. The molecule has 0 radical (unpaired) electrons. The summed E-state index contributed by atoms with van der Waals surface area (Å²) in [6.07, 6.45) is 0. The number of ether oxygens (including phenoxy) is 1. The zero-order valence-electron chi connectivity index (χ0n) is 15.0. The van der Waals surface area contributed by atoms with Gasteiger partial charge in [-0.3, -0.25) is 9.89 Å². The van der Waals surface area contributed by atoms with Crippen LogP contribution in [0.5, 0.6) is 5.75 Å². The standard InChI is InChI=1S/C19H19ClN4O2S/c1-12-3-7-15(8-4-12)26-10-17-22-19(24-23-17)27-11-18(25)21-16-9-14(20)6-5-13(16)2/h3-9H,10-11H2,1-2H3,(H,21,25)(H,22,23,24). The van der Waals surface area contributed by atoms with Crippen LogP contribution in [0.2, 0.25) is 5.02 Å². The third kappa shape index (κ3) is 5.74. The molecule has 1 aromatic heterocycles. The molecule has 0 atom stereocenters. The minimum Gasteiger partial charge on any atom is -0.486 e. The van der Waals surface area contributed by atoms with Crippen LogP contribution >= 0.6 is 23.4 Å². The number of benzene rings is 2. The van der Waals surface area contributed by atoms with Crippen molar-refractivity contribution in [2.75, 3.05) is 11.1 Å². The van der Waals surface area contributed by atoms with Crippen molar-refractivity contribution in [3.05, 3.63) is 64.4 Å². The molecule has 0 bridgehead atoms. The topological polar surface area (TPSA) is 79.9 Å². The molecule has 0 saturated carbocycles. The molecule has 140 valence electrons. The van der Waals surface area contributed by atoms with E-state index in [4.69, 9.17) is 16.3 Å². The summed E-state index contributed by atoms with van der Waals surface area (Å²) < 4.78 is 5.65. The Hall–Kier alpha value is -2.51. The Bertz CT molecular complexity index is 928. The van der Waals surface area contributed by atoms with Gasteiger partial charge in [0.15, 0.2) is 5.82 Å². The molecule has 3 aromatic rings. The Morgan fingerprint density at radius 1 is 1.22 bits per heavy atom. The number of carbonyl (C=O) groups excluding carboxylic acids is 1. The molecule has 1 amide bonds. The number of aromatic amines is 1. The first-order valence-corrected chi connectivity index (χ1v) is 9.65. The molecule has 27 heavy (non-hydrogen) atoms. The van der Waals surface area contributed by atoms with Crippen LogP contribution in [0.3, 0.4) is 0 Å². The van der Waals surface area contributed by atoms with Crippen LogP contribution < -0.4 is 10.1 Å². The summed E-state index contributed by atoms with van der Waals surface area (Å²) >= 11 is 7.21. The van der Waals surface area contributed by atoms with E-state index < -0.39 is 0 Å². The highest BCUT2D eigenvalue weighted by Gasteiger charge is 2.10. The average molecular weight is 403 g/mol. The molecular formula is C19H19ClN4O2S. The Morgan fingerprint density at radius 2 is 2.00 bits per heavy atom. The van der Waals surface area contributed by atoms with Crippen LogP contribution in [0.1, 0.15) is 17.0 Å². The Morgan fingerprint density at radius 3 is 2.78 bits per heavy atom. The number of aryl methyl sites for hydroxylation is 2. The van der Waals surface area contributed by atoms with E-state index in [1.807, 2.05) is 44.2 Å². The minimum atomic E-state index is -0.146. The lowest BCUT2D eigenvalue weighted by Crippen LogP contribution is -2.14. The first-order valence-electron chi connectivity index (χ1n) is 8.29. The van der Waals surface area contributed by atoms with Gasteiger partial charge in [-0.15, -0.1) is 5.10 Å². The highest BCUT2D eigenvalue weighted by atomic mass is 35.5. The number of halogens is 1. The SMILES string of the molecule is Cc1ccc(OCc2nc(SCC(=O)Nc3cc(Cl)ccc3C)n[nH]2)cc1. The van der Waals surface area contributed by atoms with Gasteiger partial charge in [0.1, 0.15) is 12.4 Å². The molecule has 2 aromatic carbocycles. The largest absolute Gasteiger partial charge is 0.486 e. The third-order valence-corrected chi connectivity index (χ3v) is 4.80. The Kier molecular flexibility index (Phi) is 6.36. The van der Waals surface area contributed by atoms with Gasteiger partial charge in [-0.25, -0.2) is 4.98 Å². The Labute approximate surface area is 166 Å². The van der Waals surface area contributed by atoms with Gasteiger partial charge in [0.2, 0.25) is 11.1 Å². The fraction of sp³-hybridized carbons (Fsp3) is 0.211. The first kappa shape index (κ1) is 19.3. The number of thioether (sulfide) groups is 1. The molecule has 6 nitrogen and oxygen atoms in total. The fourth-order valence-corrected chi connectivity index (χ4v) is 3.03. The maximum atomic E-state index is 12.1. The predicted octanol–water partition coefficient (Wildman–Crippen LogP) is 4.38. The molecular weight excluding hydrogens is 384 g/mol. The molecule has 0 aliphatic rings. The molecule has 3 rings (SSSR count). The summed E-state index contributed by atoms with van der Waals surface area (Å²) in [4.78, 5) is 16.5. The monoisotopic (exact) mass is 402 g/mol. The minimum absolute atomic E-state index is 0.146. The van der Waals surface area contributed by atoms with Gasteiger partial charge in [0, 0.05) is 10.7 Å². The molecule has 0 aliphatic carbocycles. The lowest BCUT2D eigenvalue weighted by atomic mass is 10.2. The van der Waals surface area contributed by atoms with E-state index in [0.29, 0.717) is 21.7 Å². The summed E-state index contributed by atoms with van der Waals surface area (Å²) in [5, 5.41) is 10.8. The zero-order valence-corrected chi connectivity index (χ0v) is 16.5. The number of aromatic nitrogens is 3. The van der Waals surface area contributed by atoms with Gasteiger partial charge < -0.3 is 10.1 Å². The zero-order chi connectivity index (χ0) is 19.2. The van der Waals surface area contributed by atoms with Crippen molar-refractivity contribution in [3.63, 3.8) is 0 Å². The van der Waals surface area contributed by atoms with E-state index in [2.05, 4.69) is 20.5 Å². The van der Waals surface area contributed by atoms with Crippen molar-refractivity contribution in [3.8, 4) is 5.75 Å². The summed E-state index contributed by atoms with van der Waals surface area (Å²) in [7, 11) is 0. The maximum absolute atomic E-state index is 12.1. The quantitative estimate of drug-likeness (QED) is 0.573. The van der Waals surface area contributed by atoms with Crippen LogP contribution in [-0.2, 0) is 11.4 Å². The van der Waals surface area contributed by atoms with Crippen LogP contribution in [0.4, 0.5) is 5.69 Å². The van der Waals surface area contributed by atoms with E-state index in [9.17, 15) is 4.79 Å². The summed E-state index contributed by atoms with van der Waals surface area (Å²) in [6.45, 7) is 4.22. The predicted molar refractivity (Wildman–Crippen MR) is 107 cm³/mol. The number of amides is 1. The number of carbonyl (C=O) groups is 1. The van der Waals surface area contributed by atoms with Crippen LogP contribution in [0.25, 0.3) is 0 Å². The second-order valence-electron chi connectivity index (χ2n) is 5.96. The molecule has 0 fully saturated rings. The van der Waals surface area contributed by atoms with E-state index in [1.165, 1.54) is 17.3 Å². The lowest BCUT2D eigenvalue weighted by Gasteiger charge is -2.07. The molecule has 0 saturated heterocycles. The van der Waals surface area contributed by atoms with Gasteiger partial charge >= 0.3 is 0 Å². The van der Waals surface area contributed by atoms with Gasteiger partial charge in [0.25, 0.3) is 0 Å². The number of nitrogens with one attached hydrogen (secondary N) is 2. The van der Waals surface area contributed by atoms with E-state index >= 15 is 0 Å². The van der Waals surface area contributed by atoms with Crippen LogP contribution in [-0.4, -0.2) is 26.8 Å². The van der Waals surface area contributed by atoms with E-state index in [1.54, 1.807) is 12.1 Å². The molecule has 0 aliphatic heterocycles. The molecule has 8 heteroatoms. The van der Waals surface area contributed by atoms with Gasteiger partial charge in [-0.1, -0.05) is 47.1 Å². The molecule has 1 heterocycles. The summed E-state index contributed by atoms with van der Waals surface area (Å²) in [6, 6.07) is 13.2. The molecule has 0 spiro atoms. The molecule has 2 N–H and O–H groups in total. The second kappa shape index (κ2) is 8.92. The van der Waals surface area contributed by atoms with Crippen molar-refractivity contribution in [2.24, 2.45) is 0 Å². The van der Waals surface area contributed by atoms with Gasteiger partial charge in [-0.05, 0) is 43.7 Å². The van der Waals surface area contributed by atoms with Crippen LogP contribution in [0.15, 0.2) is 47.6 Å². The third-order valence-electron chi connectivity index (χ3n) is 3.71. The highest BCUT2D eigenvalue weighted by Crippen LogP contribution is 2.21. The number of hydrogen-bond donors (Lipinski definition) is 2. The van der Waals surface area contributed by atoms with Crippen molar-refractivity contribution in [2.45, 2.75) is 25.6 Å². The smallest absolute Gasteiger partial charge is 0.234 e. The van der Waals surface area contributed by atoms with Crippen molar-refractivity contribution >= 4 is 35.0 Å². The number of rotatable bonds is 7. The normalized spacial score (nSPS) is 10.6. The van der Waals surface area contributed by atoms with Crippen molar-refractivity contribution < 1.29 is 9.53 Å². The van der Waals surface area contributed by atoms with Gasteiger partial charge in [0.05, 0.1) is 5.75 Å².